The topological polar surface area (TPSA) is 17.1 Å². The number of ketones is 1. The van der Waals surface area contributed by atoms with E-state index in [0.29, 0.717) is 6.42 Å². The Kier molecular flexibility index (Phi) is 4.34. The van der Waals surface area contributed by atoms with Gasteiger partial charge in [0.1, 0.15) is 0 Å². The van der Waals surface area contributed by atoms with E-state index in [-0.39, 0.29) is 5.78 Å². The van der Waals surface area contributed by atoms with Crippen LogP contribution in [0.5, 0.6) is 0 Å². The molecule has 0 aromatic heterocycles. The maximum atomic E-state index is 12.0. The minimum atomic E-state index is 0.156. The lowest BCUT2D eigenvalue weighted by atomic mass is 10.0. The highest BCUT2D eigenvalue weighted by atomic mass is 127. The molecule has 0 atom stereocenters. The van der Waals surface area contributed by atoms with Gasteiger partial charge in [-0.2, -0.15) is 0 Å². The van der Waals surface area contributed by atoms with Crippen LogP contribution in [-0.4, -0.2) is 5.78 Å². The Balaban J connectivity index is 2.11. The summed E-state index contributed by atoms with van der Waals surface area (Å²) in [5.74, 6) is 0.156. The van der Waals surface area contributed by atoms with Crippen molar-refractivity contribution in [3.05, 3.63) is 67.7 Å². The van der Waals surface area contributed by atoms with Gasteiger partial charge in [0, 0.05) is 20.0 Å². The summed E-state index contributed by atoms with van der Waals surface area (Å²) in [5.41, 5.74) is 1.81. The quantitative estimate of drug-likeness (QED) is 0.548. The molecule has 0 heterocycles. The van der Waals surface area contributed by atoms with Crippen molar-refractivity contribution in [3.63, 3.8) is 0 Å². The molecule has 0 aliphatic heterocycles. The fraction of sp³-hybridized carbons (Fsp3) is 0.0714. The summed E-state index contributed by atoms with van der Waals surface area (Å²) in [5, 5.41) is 0. The maximum absolute atomic E-state index is 12.0. The number of benzene rings is 2. The Morgan fingerprint density at radius 1 is 1.00 bits per heavy atom. The average Bonchev–Trinajstić information content (AvgIpc) is 2.33. The number of halogens is 2. The normalized spacial score (nSPS) is 10.2. The summed E-state index contributed by atoms with van der Waals surface area (Å²) in [6.07, 6.45) is 0.452. The lowest BCUT2D eigenvalue weighted by Crippen LogP contribution is -2.03. The van der Waals surface area contributed by atoms with E-state index in [1.54, 1.807) is 0 Å². The van der Waals surface area contributed by atoms with Gasteiger partial charge in [0.15, 0.2) is 5.78 Å². The predicted octanol–water partition coefficient (Wildman–Crippen LogP) is 4.48. The molecule has 2 aromatic rings. The Labute approximate surface area is 123 Å². The molecule has 17 heavy (non-hydrogen) atoms. The standard InChI is InChI=1S/C14H10BrIO/c15-12-5-1-10(2-6-12)9-14(17)11-3-7-13(16)8-4-11/h1-8H,9H2. The van der Waals surface area contributed by atoms with Crippen molar-refractivity contribution in [1.29, 1.82) is 0 Å². The third kappa shape index (κ3) is 3.64. The first-order valence-electron chi connectivity index (χ1n) is 5.18. The minimum Gasteiger partial charge on any atom is -0.294 e. The lowest BCUT2D eigenvalue weighted by Gasteiger charge is -2.02. The first-order valence-corrected chi connectivity index (χ1v) is 7.05. The molecular weight excluding hydrogens is 391 g/mol. The van der Waals surface area contributed by atoms with Gasteiger partial charge in [-0.3, -0.25) is 4.79 Å². The Morgan fingerprint density at radius 3 is 2.18 bits per heavy atom. The van der Waals surface area contributed by atoms with E-state index < -0.39 is 0 Å². The van der Waals surface area contributed by atoms with E-state index in [1.807, 2.05) is 48.5 Å². The SMILES string of the molecule is O=C(Cc1ccc(Br)cc1)c1ccc(I)cc1. The van der Waals surface area contributed by atoms with Crippen molar-refractivity contribution in [2.24, 2.45) is 0 Å². The van der Waals surface area contributed by atoms with Crippen molar-refractivity contribution in [3.8, 4) is 0 Å². The number of Topliss-reactive ketones (excluding diaryl/α,β-unsaturated/α-hetero) is 1. The smallest absolute Gasteiger partial charge is 0.167 e. The summed E-state index contributed by atoms with van der Waals surface area (Å²) in [7, 11) is 0. The second-order valence-electron chi connectivity index (χ2n) is 3.73. The van der Waals surface area contributed by atoms with Gasteiger partial charge in [-0.25, -0.2) is 0 Å². The van der Waals surface area contributed by atoms with E-state index >= 15 is 0 Å². The molecule has 86 valence electrons. The zero-order chi connectivity index (χ0) is 12.3. The molecule has 3 heteroatoms. The molecule has 0 aliphatic carbocycles. The van der Waals surface area contributed by atoms with Crippen LogP contribution in [0.2, 0.25) is 0 Å². The van der Waals surface area contributed by atoms with Crippen LogP contribution < -0.4 is 0 Å². The third-order valence-electron chi connectivity index (χ3n) is 2.44. The van der Waals surface area contributed by atoms with Crippen LogP contribution in [0, 0.1) is 3.57 Å². The molecule has 0 N–H and O–H groups in total. The molecule has 2 rings (SSSR count). The fourth-order valence-electron chi connectivity index (χ4n) is 1.53. The van der Waals surface area contributed by atoms with Crippen molar-refractivity contribution in [2.75, 3.05) is 0 Å². The summed E-state index contributed by atoms with van der Waals surface area (Å²) < 4.78 is 2.17. The number of carbonyl (C=O) groups is 1. The van der Waals surface area contributed by atoms with E-state index in [0.717, 1.165) is 19.2 Å². The van der Waals surface area contributed by atoms with Crippen LogP contribution in [0.1, 0.15) is 15.9 Å². The third-order valence-corrected chi connectivity index (χ3v) is 3.69. The van der Waals surface area contributed by atoms with Gasteiger partial charge in [-0.1, -0.05) is 40.2 Å². The molecule has 0 fully saturated rings. The van der Waals surface area contributed by atoms with E-state index in [4.69, 9.17) is 0 Å². The monoisotopic (exact) mass is 400 g/mol. The fourth-order valence-corrected chi connectivity index (χ4v) is 2.15. The average molecular weight is 401 g/mol. The summed E-state index contributed by atoms with van der Waals surface area (Å²) >= 11 is 5.61. The molecule has 0 amide bonds. The molecular formula is C14H10BrIO. The van der Waals surface area contributed by atoms with Gasteiger partial charge in [0.2, 0.25) is 0 Å². The van der Waals surface area contributed by atoms with Gasteiger partial charge >= 0.3 is 0 Å². The van der Waals surface area contributed by atoms with E-state index in [9.17, 15) is 4.79 Å². The Morgan fingerprint density at radius 2 is 1.59 bits per heavy atom. The lowest BCUT2D eigenvalue weighted by molar-refractivity contribution is 0.0993. The summed E-state index contributed by atoms with van der Waals surface area (Å²) in [4.78, 5) is 12.0. The molecule has 0 saturated carbocycles. The van der Waals surface area contributed by atoms with Gasteiger partial charge < -0.3 is 0 Å². The van der Waals surface area contributed by atoms with Crippen molar-refractivity contribution >= 4 is 44.3 Å². The minimum absolute atomic E-state index is 0.156. The Hall–Kier alpha value is -0.680. The highest BCUT2D eigenvalue weighted by molar-refractivity contribution is 14.1. The molecule has 0 spiro atoms. The first-order chi connectivity index (χ1) is 8.15. The summed E-state index contributed by atoms with van der Waals surface area (Å²) in [6, 6.07) is 15.5. The maximum Gasteiger partial charge on any atom is 0.167 e. The zero-order valence-electron chi connectivity index (χ0n) is 8.99. The van der Waals surface area contributed by atoms with E-state index in [1.165, 1.54) is 0 Å². The van der Waals surface area contributed by atoms with Crippen LogP contribution in [0.4, 0.5) is 0 Å². The van der Waals surface area contributed by atoms with Gasteiger partial charge in [0.05, 0.1) is 0 Å². The second-order valence-corrected chi connectivity index (χ2v) is 5.89. The molecule has 0 aliphatic rings. The predicted molar refractivity (Wildman–Crippen MR) is 81.3 cm³/mol. The second kappa shape index (κ2) is 5.78. The number of rotatable bonds is 3. The van der Waals surface area contributed by atoms with Crippen molar-refractivity contribution < 1.29 is 4.79 Å². The molecule has 0 unspecified atom stereocenters. The van der Waals surface area contributed by atoms with Crippen LogP contribution in [0.3, 0.4) is 0 Å². The molecule has 0 saturated heterocycles. The number of carbonyl (C=O) groups excluding carboxylic acids is 1. The number of hydrogen-bond acceptors (Lipinski definition) is 1. The van der Waals surface area contributed by atoms with Crippen molar-refractivity contribution in [1.82, 2.24) is 0 Å². The first kappa shape index (κ1) is 12.8. The molecule has 0 radical (unpaired) electrons. The van der Waals surface area contributed by atoms with Crippen LogP contribution in [0.25, 0.3) is 0 Å². The van der Waals surface area contributed by atoms with Crippen molar-refractivity contribution in [2.45, 2.75) is 6.42 Å². The molecule has 0 bridgehead atoms. The van der Waals surface area contributed by atoms with Crippen LogP contribution in [0.15, 0.2) is 53.0 Å². The van der Waals surface area contributed by atoms with E-state index in [2.05, 4.69) is 38.5 Å². The molecule has 2 aromatic carbocycles. The summed E-state index contributed by atoms with van der Waals surface area (Å²) in [6.45, 7) is 0. The zero-order valence-corrected chi connectivity index (χ0v) is 12.7. The van der Waals surface area contributed by atoms with Gasteiger partial charge in [0.25, 0.3) is 0 Å². The highest BCUT2D eigenvalue weighted by Crippen LogP contribution is 2.13. The highest BCUT2D eigenvalue weighted by Gasteiger charge is 2.06. The Bertz CT molecular complexity index is 517. The van der Waals surface area contributed by atoms with Gasteiger partial charge in [-0.15, -0.1) is 0 Å². The number of hydrogen-bond donors (Lipinski definition) is 0. The van der Waals surface area contributed by atoms with Gasteiger partial charge in [-0.05, 0) is 52.4 Å². The molecule has 1 nitrogen and oxygen atoms in total. The van der Waals surface area contributed by atoms with Crippen LogP contribution in [-0.2, 0) is 6.42 Å². The largest absolute Gasteiger partial charge is 0.294 e. The van der Waals surface area contributed by atoms with Crippen LogP contribution >= 0.6 is 38.5 Å².